The number of anilines is 1. The summed E-state index contributed by atoms with van der Waals surface area (Å²) in [7, 11) is 0. The Labute approximate surface area is 90.9 Å². The van der Waals surface area contributed by atoms with E-state index in [9.17, 15) is 4.79 Å². The largest absolute Gasteiger partial charge is 0.325 e. The zero-order valence-electron chi connectivity index (χ0n) is 9.55. The van der Waals surface area contributed by atoms with E-state index in [4.69, 9.17) is 0 Å². The standard InChI is InChI=1S/C12H18N2O/c1-4-13-8-12(15)14-11-6-5-9(2)7-10(11)3/h5-7,13H,4,8H2,1-3H3,(H,14,15). The smallest absolute Gasteiger partial charge is 0.238 e. The molecule has 0 aliphatic carbocycles. The van der Waals surface area contributed by atoms with Gasteiger partial charge in [0.2, 0.25) is 5.91 Å². The number of likely N-dealkylation sites (N-methyl/N-ethyl adjacent to an activating group) is 1. The molecule has 1 aromatic carbocycles. The molecule has 0 saturated carbocycles. The number of rotatable bonds is 4. The van der Waals surface area contributed by atoms with Gasteiger partial charge in [0.15, 0.2) is 0 Å². The number of hydrogen-bond donors (Lipinski definition) is 2. The van der Waals surface area contributed by atoms with Gasteiger partial charge in [0.25, 0.3) is 0 Å². The van der Waals surface area contributed by atoms with Crippen molar-refractivity contribution in [3.05, 3.63) is 29.3 Å². The Balaban J connectivity index is 2.60. The average molecular weight is 206 g/mol. The normalized spacial score (nSPS) is 10.1. The summed E-state index contributed by atoms with van der Waals surface area (Å²) >= 11 is 0. The quantitative estimate of drug-likeness (QED) is 0.789. The molecule has 1 aromatic rings. The molecule has 0 bridgehead atoms. The molecule has 0 saturated heterocycles. The van der Waals surface area contributed by atoms with Crippen molar-refractivity contribution in [2.75, 3.05) is 18.4 Å². The number of aryl methyl sites for hydroxylation is 2. The zero-order chi connectivity index (χ0) is 11.3. The molecule has 0 heterocycles. The molecule has 0 aliphatic rings. The lowest BCUT2D eigenvalue weighted by Gasteiger charge is -2.09. The van der Waals surface area contributed by atoms with Crippen LogP contribution < -0.4 is 10.6 Å². The molecule has 0 fully saturated rings. The molecule has 1 amide bonds. The minimum absolute atomic E-state index is 0.00352. The van der Waals surface area contributed by atoms with Gasteiger partial charge < -0.3 is 10.6 Å². The summed E-state index contributed by atoms with van der Waals surface area (Å²) in [5, 5.41) is 5.86. The van der Waals surface area contributed by atoms with Crippen LogP contribution in [0.15, 0.2) is 18.2 Å². The fraction of sp³-hybridized carbons (Fsp3) is 0.417. The second-order valence-corrected chi connectivity index (χ2v) is 3.65. The van der Waals surface area contributed by atoms with Crippen LogP contribution in [-0.4, -0.2) is 19.0 Å². The lowest BCUT2D eigenvalue weighted by atomic mass is 10.1. The molecule has 0 aliphatic heterocycles. The van der Waals surface area contributed by atoms with E-state index < -0.39 is 0 Å². The van der Waals surface area contributed by atoms with E-state index in [1.165, 1.54) is 5.56 Å². The molecular formula is C12H18N2O. The fourth-order valence-electron chi connectivity index (χ4n) is 1.39. The van der Waals surface area contributed by atoms with Crippen molar-refractivity contribution in [1.82, 2.24) is 5.32 Å². The van der Waals surface area contributed by atoms with Gasteiger partial charge in [0.05, 0.1) is 6.54 Å². The Hall–Kier alpha value is -1.35. The van der Waals surface area contributed by atoms with E-state index in [1.807, 2.05) is 32.9 Å². The molecular weight excluding hydrogens is 188 g/mol. The van der Waals surface area contributed by atoms with E-state index in [0.29, 0.717) is 6.54 Å². The van der Waals surface area contributed by atoms with E-state index in [1.54, 1.807) is 0 Å². The summed E-state index contributed by atoms with van der Waals surface area (Å²) in [6.07, 6.45) is 0. The summed E-state index contributed by atoms with van der Waals surface area (Å²) < 4.78 is 0. The Morgan fingerprint density at radius 2 is 2.07 bits per heavy atom. The molecule has 1 rings (SSSR count). The highest BCUT2D eigenvalue weighted by Crippen LogP contribution is 2.15. The topological polar surface area (TPSA) is 41.1 Å². The van der Waals surface area contributed by atoms with Crippen LogP contribution in [-0.2, 0) is 4.79 Å². The van der Waals surface area contributed by atoms with E-state index >= 15 is 0 Å². The van der Waals surface area contributed by atoms with Crippen molar-refractivity contribution in [2.24, 2.45) is 0 Å². The second kappa shape index (κ2) is 5.51. The predicted octanol–water partition coefficient (Wildman–Crippen LogP) is 1.85. The Morgan fingerprint density at radius 3 is 2.67 bits per heavy atom. The van der Waals surface area contributed by atoms with Gasteiger partial charge in [-0.2, -0.15) is 0 Å². The van der Waals surface area contributed by atoms with E-state index in [2.05, 4.69) is 16.7 Å². The fourth-order valence-corrected chi connectivity index (χ4v) is 1.39. The van der Waals surface area contributed by atoms with Gasteiger partial charge in [-0.15, -0.1) is 0 Å². The lowest BCUT2D eigenvalue weighted by Crippen LogP contribution is -2.27. The van der Waals surface area contributed by atoms with Crippen molar-refractivity contribution in [1.29, 1.82) is 0 Å². The monoisotopic (exact) mass is 206 g/mol. The van der Waals surface area contributed by atoms with Crippen LogP contribution in [0.5, 0.6) is 0 Å². The number of hydrogen-bond acceptors (Lipinski definition) is 2. The molecule has 3 nitrogen and oxygen atoms in total. The maximum atomic E-state index is 11.4. The first-order valence-electron chi connectivity index (χ1n) is 5.21. The SMILES string of the molecule is CCNCC(=O)Nc1ccc(C)cc1C. The van der Waals surface area contributed by atoms with Crippen molar-refractivity contribution in [3.8, 4) is 0 Å². The van der Waals surface area contributed by atoms with Crippen LogP contribution in [0.4, 0.5) is 5.69 Å². The molecule has 0 unspecified atom stereocenters. The summed E-state index contributed by atoms with van der Waals surface area (Å²) in [5.41, 5.74) is 3.19. The summed E-state index contributed by atoms with van der Waals surface area (Å²) in [4.78, 5) is 11.4. The molecule has 0 aromatic heterocycles. The molecule has 0 spiro atoms. The highest BCUT2D eigenvalue weighted by molar-refractivity contribution is 5.92. The molecule has 82 valence electrons. The van der Waals surface area contributed by atoms with Crippen LogP contribution >= 0.6 is 0 Å². The van der Waals surface area contributed by atoms with Crippen LogP contribution in [0.2, 0.25) is 0 Å². The highest BCUT2D eigenvalue weighted by Gasteiger charge is 2.03. The summed E-state index contributed by atoms with van der Waals surface area (Å²) in [5.74, 6) is 0.00352. The van der Waals surface area contributed by atoms with Gasteiger partial charge in [0.1, 0.15) is 0 Å². The van der Waals surface area contributed by atoms with Crippen LogP contribution in [0.1, 0.15) is 18.1 Å². The third-order valence-electron chi connectivity index (χ3n) is 2.19. The zero-order valence-corrected chi connectivity index (χ0v) is 9.55. The number of amides is 1. The van der Waals surface area contributed by atoms with Crippen molar-refractivity contribution >= 4 is 11.6 Å². The first-order chi connectivity index (χ1) is 7.13. The molecule has 0 atom stereocenters. The van der Waals surface area contributed by atoms with Gasteiger partial charge in [-0.05, 0) is 32.0 Å². The third kappa shape index (κ3) is 3.72. The number of carbonyl (C=O) groups is 1. The summed E-state index contributed by atoms with van der Waals surface area (Å²) in [6, 6.07) is 5.99. The van der Waals surface area contributed by atoms with Gasteiger partial charge in [-0.3, -0.25) is 4.79 Å². The van der Waals surface area contributed by atoms with Gasteiger partial charge in [-0.25, -0.2) is 0 Å². The minimum atomic E-state index is 0.00352. The minimum Gasteiger partial charge on any atom is -0.325 e. The molecule has 15 heavy (non-hydrogen) atoms. The first kappa shape index (κ1) is 11.7. The Morgan fingerprint density at radius 1 is 1.33 bits per heavy atom. The molecule has 2 N–H and O–H groups in total. The van der Waals surface area contributed by atoms with Gasteiger partial charge >= 0.3 is 0 Å². The maximum absolute atomic E-state index is 11.4. The lowest BCUT2D eigenvalue weighted by molar-refractivity contribution is -0.115. The van der Waals surface area contributed by atoms with E-state index in [0.717, 1.165) is 17.8 Å². The summed E-state index contributed by atoms with van der Waals surface area (Å²) in [6.45, 7) is 7.18. The van der Waals surface area contributed by atoms with Crippen LogP contribution in [0.3, 0.4) is 0 Å². The maximum Gasteiger partial charge on any atom is 0.238 e. The highest BCUT2D eigenvalue weighted by atomic mass is 16.1. The second-order valence-electron chi connectivity index (χ2n) is 3.65. The Bertz CT molecular complexity index is 347. The van der Waals surface area contributed by atoms with Gasteiger partial charge in [0, 0.05) is 5.69 Å². The number of nitrogens with one attached hydrogen (secondary N) is 2. The van der Waals surface area contributed by atoms with Crippen molar-refractivity contribution in [2.45, 2.75) is 20.8 Å². The van der Waals surface area contributed by atoms with Crippen molar-refractivity contribution < 1.29 is 4.79 Å². The predicted molar refractivity (Wildman–Crippen MR) is 63.1 cm³/mol. The van der Waals surface area contributed by atoms with Crippen LogP contribution in [0.25, 0.3) is 0 Å². The van der Waals surface area contributed by atoms with Crippen LogP contribution in [0, 0.1) is 13.8 Å². The number of benzene rings is 1. The first-order valence-corrected chi connectivity index (χ1v) is 5.21. The third-order valence-corrected chi connectivity index (χ3v) is 2.19. The number of carbonyl (C=O) groups excluding carboxylic acids is 1. The Kier molecular flexibility index (Phi) is 4.31. The average Bonchev–Trinajstić information content (AvgIpc) is 2.19. The van der Waals surface area contributed by atoms with Gasteiger partial charge in [-0.1, -0.05) is 24.6 Å². The van der Waals surface area contributed by atoms with E-state index in [-0.39, 0.29) is 5.91 Å². The molecule has 3 heteroatoms. The van der Waals surface area contributed by atoms with Crippen molar-refractivity contribution in [3.63, 3.8) is 0 Å². The molecule has 0 radical (unpaired) electrons.